The molecule has 0 heterocycles. The van der Waals surface area contributed by atoms with Crippen LogP contribution in [0, 0.1) is 23.2 Å². The number of hydrogen-bond acceptors (Lipinski definition) is 2. The number of aldehydes is 1. The third kappa shape index (κ3) is 10.5. The summed E-state index contributed by atoms with van der Waals surface area (Å²) < 4.78 is 0. The molecule has 0 radical (unpaired) electrons. The number of rotatable bonds is 5. The lowest BCUT2D eigenvalue weighted by Gasteiger charge is -1.83. The predicted molar refractivity (Wildman–Crippen MR) is 51.7 cm³/mol. The van der Waals surface area contributed by atoms with E-state index in [9.17, 15) is 4.79 Å². The lowest BCUT2D eigenvalue weighted by atomic mass is 10.2. The molecule has 0 N–H and O–H groups in total. The predicted octanol–water partition coefficient (Wildman–Crippen LogP) is 2.22. The monoisotopic (exact) mass is 175 g/mol. The molecule has 0 amide bonds. The van der Waals surface area contributed by atoms with Crippen LogP contribution in [-0.2, 0) is 4.79 Å². The van der Waals surface area contributed by atoms with Crippen molar-refractivity contribution in [2.24, 2.45) is 0 Å². The Bertz CT molecular complexity index is 249. The van der Waals surface area contributed by atoms with E-state index in [1.807, 2.05) is 6.07 Å². The van der Waals surface area contributed by atoms with E-state index in [4.69, 9.17) is 5.26 Å². The molecule has 0 aromatic rings. The third-order valence-electron chi connectivity index (χ3n) is 1.38. The number of carbonyl (C=O) groups is 1. The maximum Gasteiger partial charge on any atom is 0.120 e. The van der Waals surface area contributed by atoms with Crippen LogP contribution in [0.5, 0.6) is 0 Å². The van der Waals surface area contributed by atoms with E-state index in [0.29, 0.717) is 6.42 Å². The van der Waals surface area contributed by atoms with Crippen LogP contribution in [0.4, 0.5) is 0 Å². The maximum atomic E-state index is 9.92. The van der Waals surface area contributed by atoms with Crippen molar-refractivity contribution in [3.8, 4) is 17.9 Å². The molecule has 68 valence electrons. The lowest BCUT2D eigenvalue weighted by molar-refractivity contribution is -0.107. The van der Waals surface area contributed by atoms with Gasteiger partial charge in [-0.15, -0.1) is 11.8 Å². The first-order chi connectivity index (χ1) is 6.41. The van der Waals surface area contributed by atoms with Gasteiger partial charge in [-0.2, -0.15) is 5.26 Å². The Morgan fingerprint density at radius 2 is 1.92 bits per heavy atom. The van der Waals surface area contributed by atoms with Crippen molar-refractivity contribution >= 4 is 6.29 Å². The Hall–Kier alpha value is -1.54. The molecule has 0 saturated carbocycles. The number of nitriles is 1. The fraction of sp³-hybridized carbons (Fsp3) is 0.455. The van der Waals surface area contributed by atoms with Crippen LogP contribution in [-0.4, -0.2) is 6.29 Å². The van der Waals surface area contributed by atoms with Crippen molar-refractivity contribution in [2.45, 2.75) is 32.1 Å². The number of carbonyl (C=O) groups excluding carboxylic acids is 1. The van der Waals surface area contributed by atoms with Crippen LogP contribution >= 0.6 is 0 Å². The number of nitrogens with zero attached hydrogens (tertiary/aromatic N) is 1. The summed E-state index contributed by atoms with van der Waals surface area (Å²) in [6.07, 6.45) is 8.05. The summed E-state index contributed by atoms with van der Waals surface area (Å²) in [4.78, 5) is 9.92. The van der Waals surface area contributed by atoms with Crippen LogP contribution in [0.1, 0.15) is 32.1 Å². The minimum Gasteiger partial charge on any atom is -0.303 e. The van der Waals surface area contributed by atoms with E-state index in [1.165, 1.54) is 6.08 Å². The third-order valence-corrected chi connectivity index (χ3v) is 1.38. The summed E-state index contributed by atoms with van der Waals surface area (Å²) in [5.74, 6) is 5.95. The second kappa shape index (κ2) is 10.5. The Kier molecular flexibility index (Phi) is 9.22. The maximum absolute atomic E-state index is 9.92. The van der Waals surface area contributed by atoms with Gasteiger partial charge in [-0.1, -0.05) is 6.08 Å². The second-order valence-corrected chi connectivity index (χ2v) is 2.48. The van der Waals surface area contributed by atoms with Gasteiger partial charge in [-0.05, 0) is 12.8 Å². The largest absolute Gasteiger partial charge is 0.303 e. The van der Waals surface area contributed by atoms with E-state index < -0.39 is 0 Å². The van der Waals surface area contributed by atoms with E-state index in [0.717, 1.165) is 32.0 Å². The highest BCUT2D eigenvalue weighted by Gasteiger charge is 1.80. The van der Waals surface area contributed by atoms with E-state index in [-0.39, 0.29) is 0 Å². The van der Waals surface area contributed by atoms with Crippen molar-refractivity contribution in [1.82, 2.24) is 0 Å². The smallest absolute Gasteiger partial charge is 0.120 e. The topological polar surface area (TPSA) is 40.9 Å². The second-order valence-electron chi connectivity index (χ2n) is 2.48. The number of allylic oxidation sites excluding steroid dienone is 2. The summed E-state index contributed by atoms with van der Waals surface area (Å²) in [5.41, 5.74) is 0. The molecule has 0 aromatic heterocycles. The number of unbranched alkanes of at least 4 members (excludes halogenated alkanes) is 3. The average molecular weight is 175 g/mol. The SMILES string of the molecule is N#C/C=C\CCC#CCCCC=O. The van der Waals surface area contributed by atoms with Gasteiger partial charge in [0.1, 0.15) is 6.29 Å². The van der Waals surface area contributed by atoms with Crippen molar-refractivity contribution < 1.29 is 4.79 Å². The summed E-state index contributed by atoms with van der Waals surface area (Å²) >= 11 is 0. The molecule has 2 nitrogen and oxygen atoms in total. The van der Waals surface area contributed by atoms with Gasteiger partial charge >= 0.3 is 0 Å². The summed E-state index contributed by atoms with van der Waals surface area (Å²) in [7, 11) is 0. The summed E-state index contributed by atoms with van der Waals surface area (Å²) in [6, 6.07) is 1.92. The van der Waals surface area contributed by atoms with Crippen molar-refractivity contribution in [3.63, 3.8) is 0 Å². The normalized spacial score (nSPS) is 8.85. The van der Waals surface area contributed by atoms with Gasteiger partial charge in [-0.25, -0.2) is 0 Å². The molecule has 0 spiro atoms. The Morgan fingerprint density at radius 3 is 2.62 bits per heavy atom. The molecular weight excluding hydrogens is 162 g/mol. The molecule has 0 unspecified atom stereocenters. The molecule has 0 aromatic carbocycles. The van der Waals surface area contributed by atoms with E-state index in [2.05, 4.69) is 11.8 Å². The van der Waals surface area contributed by atoms with Crippen LogP contribution in [0.3, 0.4) is 0 Å². The zero-order valence-electron chi connectivity index (χ0n) is 7.62. The van der Waals surface area contributed by atoms with Gasteiger partial charge in [0.15, 0.2) is 0 Å². The van der Waals surface area contributed by atoms with Crippen LogP contribution in [0.25, 0.3) is 0 Å². The van der Waals surface area contributed by atoms with Crippen LogP contribution < -0.4 is 0 Å². The molecule has 0 atom stereocenters. The highest BCUT2D eigenvalue weighted by molar-refractivity contribution is 5.49. The molecular formula is C11H13NO. The first-order valence-electron chi connectivity index (χ1n) is 4.35. The molecule has 0 fully saturated rings. The molecule has 0 rings (SSSR count). The van der Waals surface area contributed by atoms with Gasteiger partial charge in [0, 0.05) is 25.3 Å². The summed E-state index contributed by atoms with van der Waals surface area (Å²) in [6.45, 7) is 0. The Morgan fingerprint density at radius 1 is 1.15 bits per heavy atom. The van der Waals surface area contributed by atoms with Gasteiger partial charge in [0.25, 0.3) is 0 Å². The molecule has 2 heteroatoms. The van der Waals surface area contributed by atoms with E-state index >= 15 is 0 Å². The van der Waals surface area contributed by atoms with Crippen molar-refractivity contribution in [3.05, 3.63) is 12.2 Å². The lowest BCUT2D eigenvalue weighted by Crippen LogP contribution is -1.74. The standard InChI is InChI=1S/C11H13NO/c12-10-8-6-4-2-1-3-5-7-9-11-13/h6,8,11H,2,4-5,7,9H2/b8-6-. The zero-order chi connectivity index (χ0) is 9.78. The minimum atomic E-state index is 0.600. The molecule has 0 aliphatic heterocycles. The molecule has 0 bridgehead atoms. The van der Waals surface area contributed by atoms with Crippen molar-refractivity contribution in [1.29, 1.82) is 5.26 Å². The average Bonchev–Trinajstić information content (AvgIpc) is 2.16. The quantitative estimate of drug-likeness (QED) is 0.278. The summed E-state index contributed by atoms with van der Waals surface area (Å²) in [5, 5.41) is 8.16. The number of hydrogen-bond donors (Lipinski definition) is 0. The Balaban J connectivity index is 3.25. The molecule has 0 saturated heterocycles. The van der Waals surface area contributed by atoms with Gasteiger partial charge in [-0.3, -0.25) is 0 Å². The van der Waals surface area contributed by atoms with E-state index in [1.54, 1.807) is 6.08 Å². The first kappa shape index (κ1) is 11.5. The van der Waals surface area contributed by atoms with Gasteiger partial charge in [0.05, 0.1) is 6.07 Å². The van der Waals surface area contributed by atoms with Gasteiger partial charge < -0.3 is 4.79 Å². The molecule has 0 aliphatic rings. The highest BCUT2D eigenvalue weighted by Crippen LogP contribution is 1.92. The minimum absolute atomic E-state index is 0.600. The first-order valence-corrected chi connectivity index (χ1v) is 4.35. The molecule has 0 aliphatic carbocycles. The fourth-order valence-corrected chi connectivity index (χ4v) is 0.742. The molecule has 13 heavy (non-hydrogen) atoms. The van der Waals surface area contributed by atoms with Crippen LogP contribution in [0.15, 0.2) is 12.2 Å². The van der Waals surface area contributed by atoms with Crippen LogP contribution in [0.2, 0.25) is 0 Å². The highest BCUT2D eigenvalue weighted by atomic mass is 16.1. The Labute approximate surface area is 79.3 Å². The van der Waals surface area contributed by atoms with Crippen molar-refractivity contribution in [2.75, 3.05) is 0 Å². The zero-order valence-corrected chi connectivity index (χ0v) is 7.62. The fourth-order valence-electron chi connectivity index (χ4n) is 0.742. The van der Waals surface area contributed by atoms with Gasteiger partial charge in [0.2, 0.25) is 0 Å².